The van der Waals surface area contributed by atoms with Gasteiger partial charge in [0.05, 0.1) is 12.2 Å². The van der Waals surface area contributed by atoms with Gasteiger partial charge in [-0.1, -0.05) is 0 Å². The molecule has 0 aliphatic carbocycles. The van der Waals surface area contributed by atoms with Gasteiger partial charge < -0.3 is 15.8 Å². The fourth-order valence-corrected chi connectivity index (χ4v) is 1.38. The predicted octanol–water partition coefficient (Wildman–Crippen LogP) is 1.37. The quantitative estimate of drug-likeness (QED) is 0.797. The molecule has 0 saturated carbocycles. The lowest BCUT2D eigenvalue weighted by atomic mass is 10.1. The molecule has 0 saturated heterocycles. The van der Waals surface area contributed by atoms with Gasteiger partial charge in [0.2, 0.25) is 0 Å². The molecule has 3 N–H and O–H groups in total. The molecule has 0 aliphatic heterocycles. The third-order valence-electron chi connectivity index (χ3n) is 2.06. The van der Waals surface area contributed by atoms with E-state index < -0.39 is 11.7 Å². The molecule has 1 aromatic rings. The van der Waals surface area contributed by atoms with Crippen LogP contribution in [0.25, 0.3) is 0 Å². The summed E-state index contributed by atoms with van der Waals surface area (Å²) in [6.45, 7) is 2.43. The van der Waals surface area contributed by atoms with E-state index in [0.29, 0.717) is 12.3 Å². The number of hydrogen-bond acceptors (Lipinski definition) is 3. The molecule has 0 aliphatic rings. The van der Waals surface area contributed by atoms with Gasteiger partial charge in [0.1, 0.15) is 5.82 Å². The number of primary amides is 1. The molecule has 4 nitrogen and oxygen atoms in total. The fraction of sp³-hybridized carbons (Fsp3) is 0.364. The van der Waals surface area contributed by atoms with E-state index in [0.717, 1.165) is 0 Å². The molecule has 1 aromatic carbocycles. The van der Waals surface area contributed by atoms with Crippen molar-refractivity contribution in [2.24, 2.45) is 5.73 Å². The second-order valence-corrected chi connectivity index (χ2v) is 3.56. The molecule has 0 fully saturated rings. The number of nitrogens with one attached hydrogen (secondary N) is 1. The van der Waals surface area contributed by atoms with E-state index in [1.807, 2.05) is 6.92 Å². The van der Waals surface area contributed by atoms with E-state index in [1.54, 1.807) is 13.2 Å². The molecule has 0 aromatic heterocycles. The molecule has 88 valence electrons. The summed E-state index contributed by atoms with van der Waals surface area (Å²) >= 11 is 0. The summed E-state index contributed by atoms with van der Waals surface area (Å²) in [6.07, 6.45) is 0. The minimum atomic E-state index is -0.777. The van der Waals surface area contributed by atoms with Crippen molar-refractivity contribution in [2.45, 2.75) is 13.0 Å². The number of hydrogen-bond donors (Lipinski definition) is 2. The Hall–Kier alpha value is -1.62. The Morgan fingerprint density at radius 1 is 1.62 bits per heavy atom. The third kappa shape index (κ3) is 3.20. The molecule has 5 heteroatoms. The van der Waals surface area contributed by atoms with Crippen LogP contribution in [-0.2, 0) is 4.74 Å². The second-order valence-electron chi connectivity index (χ2n) is 3.56. The van der Waals surface area contributed by atoms with Crippen molar-refractivity contribution in [3.63, 3.8) is 0 Å². The number of benzene rings is 1. The minimum absolute atomic E-state index is 0.0659. The van der Waals surface area contributed by atoms with Crippen molar-refractivity contribution >= 4 is 11.6 Å². The standard InChI is InChI=1S/C11H15FN2O2/c1-7(6-16-2)14-8-3-4-10(12)9(5-8)11(13)15/h3-5,7,14H,6H2,1-2H3,(H2,13,15). The minimum Gasteiger partial charge on any atom is -0.383 e. The maximum atomic E-state index is 13.2. The maximum Gasteiger partial charge on any atom is 0.251 e. The van der Waals surface area contributed by atoms with Gasteiger partial charge in [-0.3, -0.25) is 4.79 Å². The molecule has 0 spiro atoms. The molecule has 0 bridgehead atoms. The first-order valence-corrected chi connectivity index (χ1v) is 4.89. The number of halogens is 1. The topological polar surface area (TPSA) is 64.3 Å². The first kappa shape index (κ1) is 12.4. The fourth-order valence-electron chi connectivity index (χ4n) is 1.38. The predicted molar refractivity (Wildman–Crippen MR) is 59.9 cm³/mol. The van der Waals surface area contributed by atoms with Crippen LogP contribution in [0.3, 0.4) is 0 Å². The normalized spacial score (nSPS) is 12.2. The maximum absolute atomic E-state index is 13.2. The van der Waals surface area contributed by atoms with Crippen molar-refractivity contribution in [2.75, 3.05) is 19.0 Å². The van der Waals surface area contributed by atoms with Gasteiger partial charge in [0.15, 0.2) is 0 Å². The molecular formula is C11H15FN2O2. The van der Waals surface area contributed by atoms with Crippen molar-refractivity contribution < 1.29 is 13.9 Å². The molecule has 16 heavy (non-hydrogen) atoms. The molecular weight excluding hydrogens is 211 g/mol. The monoisotopic (exact) mass is 226 g/mol. The molecule has 0 heterocycles. The highest BCUT2D eigenvalue weighted by molar-refractivity contribution is 5.94. The number of carbonyl (C=O) groups is 1. The summed E-state index contributed by atoms with van der Waals surface area (Å²) in [5.74, 6) is -1.39. The van der Waals surface area contributed by atoms with E-state index in [2.05, 4.69) is 5.32 Å². The molecule has 1 rings (SSSR count). The number of nitrogens with two attached hydrogens (primary N) is 1. The van der Waals surface area contributed by atoms with E-state index in [4.69, 9.17) is 10.5 Å². The lowest BCUT2D eigenvalue weighted by molar-refractivity contribution is 0.0996. The number of carbonyl (C=O) groups excluding carboxylic acids is 1. The highest BCUT2D eigenvalue weighted by Crippen LogP contribution is 2.15. The van der Waals surface area contributed by atoms with Crippen molar-refractivity contribution in [3.05, 3.63) is 29.6 Å². The molecule has 1 amide bonds. The van der Waals surface area contributed by atoms with E-state index in [-0.39, 0.29) is 11.6 Å². The third-order valence-corrected chi connectivity index (χ3v) is 2.06. The van der Waals surface area contributed by atoms with Crippen LogP contribution in [0.1, 0.15) is 17.3 Å². The van der Waals surface area contributed by atoms with Crippen molar-refractivity contribution in [3.8, 4) is 0 Å². The number of anilines is 1. The Balaban J connectivity index is 2.82. The van der Waals surface area contributed by atoms with Crippen LogP contribution >= 0.6 is 0 Å². The van der Waals surface area contributed by atoms with Gasteiger partial charge >= 0.3 is 0 Å². The van der Waals surface area contributed by atoms with Gasteiger partial charge in [-0.25, -0.2) is 4.39 Å². The average Bonchev–Trinajstić information content (AvgIpc) is 2.21. The summed E-state index contributed by atoms with van der Waals surface area (Å²) in [6, 6.07) is 4.22. The second kappa shape index (κ2) is 5.46. The van der Waals surface area contributed by atoms with Gasteiger partial charge in [0, 0.05) is 18.8 Å². The summed E-state index contributed by atoms with van der Waals surface area (Å²) < 4.78 is 18.1. The van der Waals surface area contributed by atoms with Crippen LogP contribution in [0.5, 0.6) is 0 Å². The van der Waals surface area contributed by atoms with Gasteiger partial charge in [-0.05, 0) is 25.1 Å². The number of amides is 1. The molecule has 0 radical (unpaired) electrons. The van der Waals surface area contributed by atoms with E-state index >= 15 is 0 Å². The van der Waals surface area contributed by atoms with E-state index in [9.17, 15) is 9.18 Å². The highest BCUT2D eigenvalue weighted by atomic mass is 19.1. The lowest BCUT2D eigenvalue weighted by Crippen LogP contribution is -2.21. The van der Waals surface area contributed by atoms with Crippen LogP contribution in [0, 0.1) is 5.82 Å². The Kier molecular flexibility index (Phi) is 4.25. The van der Waals surface area contributed by atoms with E-state index in [1.165, 1.54) is 12.1 Å². The highest BCUT2D eigenvalue weighted by Gasteiger charge is 2.09. The summed E-state index contributed by atoms with van der Waals surface area (Å²) in [7, 11) is 1.59. The van der Waals surface area contributed by atoms with Crippen LogP contribution in [0.2, 0.25) is 0 Å². The zero-order valence-electron chi connectivity index (χ0n) is 9.29. The smallest absolute Gasteiger partial charge is 0.251 e. The zero-order valence-corrected chi connectivity index (χ0v) is 9.29. The van der Waals surface area contributed by atoms with Crippen molar-refractivity contribution in [1.82, 2.24) is 0 Å². The van der Waals surface area contributed by atoms with Crippen LogP contribution in [0.15, 0.2) is 18.2 Å². The average molecular weight is 226 g/mol. The number of methoxy groups -OCH3 is 1. The number of ether oxygens (including phenoxy) is 1. The first-order valence-electron chi connectivity index (χ1n) is 4.89. The molecule has 1 unspecified atom stereocenters. The summed E-state index contributed by atoms with van der Waals surface area (Å²) in [5.41, 5.74) is 5.56. The van der Waals surface area contributed by atoms with Gasteiger partial charge in [-0.2, -0.15) is 0 Å². The first-order chi connectivity index (χ1) is 7.54. The van der Waals surface area contributed by atoms with Crippen LogP contribution in [-0.4, -0.2) is 25.7 Å². The number of rotatable bonds is 5. The zero-order chi connectivity index (χ0) is 12.1. The van der Waals surface area contributed by atoms with Crippen LogP contribution < -0.4 is 11.1 Å². The SMILES string of the molecule is COCC(C)Nc1ccc(F)c(C(N)=O)c1. The lowest BCUT2D eigenvalue weighted by Gasteiger charge is -2.14. The van der Waals surface area contributed by atoms with Gasteiger partial charge in [-0.15, -0.1) is 0 Å². The van der Waals surface area contributed by atoms with Crippen molar-refractivity contribution in [1.29, 1.82) is 0 Å². The largest absolute Gasteiger partial charge is 0.383 e. The van der Waals surface area contributed by atoms with Gasteiger partial charge in [0.25, 0.3) is 5.91 Å². The summed E-state index contributed by atoms with van der Waals surface area (Å²) in [5, 5.41) is 3.07. The Labute approximate surface area is 93.6 Å². The Bertz CT molecular complexity index is 382. The Morgan fingerprint density at radius 3 is 2.88 bits per heavy atom. The Morgan fingerprint density at radius 2 is 2.31 bits per heavy atom. The molecule has 1 atom stereocenters. The van der Waals surface area contributed by atoms with Crippen LogP contribution in [0.4, 0.5) is 10.1 Å². The summed E-state index contributed by atoms with van der Waals surface area (Å²) in [4.78, 5) is 10.9.